The van der Waals surface area contributed by atoms with Gasteiger partial charge in [-0.3, -0.25) is 4.98 Å². The van der Waals surface area contributed by atoms with E-state index in [0.29, 0.717) is 16.2 Å². The van der Waals surface area contributed by atoms with Crippen molar-refractivity contribution in [3.8, 4) is 0 Å². The van der Waals surface area contributed by atoms with Crippen LogP contribution in [0.4, 0.5) is 5.69 Å². The van der Waals surface area contributed by atoms with Crippen LogP contribution in [0, 0.1) is 0 Å². The molecule has 2 aromatic rings. The molecule has 0 fully saturated rings. The maximum Gasteiger partial charge on any atom is 0.330 e. The number of esters is 1. The third-order valence-corrected chi connectivity index (χ3v) is 2.94. The number of hydrogen-bond donors (Lipinski definition) is 2. The lowest BCUT2D eigenvalue weighted by Gasteiger charge is -2.16. The van der Waals surface area contributed by atoms with Crippen molar-refractivity contribution in [1.82, 2.24) is 4.98 Å². The number of halogens is 1. The van der Waals surface area contributed by atoms with E-state index in [9.17, 15) is 9.90 Å². The first kappa shape index (κ1) is 13.6. The van der Waals surface area contributed by atoms with Crippen LogP contribution in [0.15, 0.2) is 30.5 Å². The monoisotopic (exact) mass is 280 g/mol. The van der Waals surface area contributed by atoms with Crippen molar-refractivity contribution in [2.45, 2.75) is 6.04 Å². The smallest absolute Gasteiger partial charge is 0.330 e. The molecule has 0 spiro atoms. The summed E-state index contributed by atoms with van der Waals surface area (Å²) in [7, 11) is 1.27. The molecule has 0 aliphatic rings. The average molecular weight is 281 g/mol. The van der Waals surface area contributed by atoms with E-state index in [0.717, 1.165) is 5.39 Å². The van der Waals surface area contributed by atoms with Gasteiger partial charge in [-0.25, -0.2) is 4.79 Å². The van der Waals surface area contributed by atoms with E-state index in [-0.39, 0.29) is 6.61 Å². The molecular weight excluding hydrogens is 268 g/mol. The minimum Gasteiger partial charge on any atom is -0.467 e. The molecule has 2 rings (SSSR count). The van der Waals surface area contributed by atoms with Crippen molar-refractivity contribution in [2.75, 3.05) is 19.0 Å². The SMILES string of the molecule is COC(=O)C(CO)Nc1ccnc2cc(Cl)ccc12. The summed E-state index contributed by atoms with van der Waals surface area (Å²) in [6, 6.07) is 6.18. The van der Waals surface area contributed by atoms with E-state index in [1.54, 1.807) is 30.5 Å². The molecule has 19 heavy (non-hydrogen) atoms. The van der Waals surface area contributed by atoms with Gasteiger partial charge in [0.1, 0.15) is 6.04 Å². The molecule has 1 unspecified atom stereocenters. The number of rotatable bonds is 4. The zero-order chi connectivity index (χ0) is 13.8. The molecule has 100 valence electrons. The quantitative estimate of drug-likeness (QED) is 0.836. The van der Waals surface area contributed by atoms with Crippen LogP contribution >= 0.6 is 11.6 Å². The number of aromatic nitrogens is 1. The summed E-state index contributed by atoms with van der Waals surface area (Å²) in [4.78, 5) is 15.7. The first-order valence-electron chi connectivity index (χ1n) is 5.65. The van der Waals surface area contributed by atoms with Crippen LogP contribution in [-0.4, -0.2) is 35.8 Å². The van der Waals surface area contributed by atoms with Gasteiger partial charge in [0.15, 0.2) is 0 Å². The fourth-order valence-corrected chi connectivity index (χ4v) is 1.92. The molecule has 0 amide bonds. The van der Waals surface area contributed by atoms with Gasteiger partial charge < -0.3 is 15.2 Å². The Morgan fingerprint density at radius 2 is 2.32 bits per heavy atom. The van der Waals surface area contributed by atoms with Crippen LogP contribution < -0.4 is 5.32 Å². The Morgan fingerprint density at radius 1 is 1.53 bits per heavy atom. The number of nitrogens with zero attached hydrogens (tertiary/aromatic N) is 1. The number of pyridine rings is 1. The number of benzene rings is 1. The summed E-state index contributed by atoms with van der Waals surface area (Å²) in [5, 5.41) is 13.5. The second-order valence-electron chi connectivity index (χ2n) is 3.92. The molecule has 0 saturated heterocycles. The van der Waals surface area contributed by atoms with Gasteiger partial charge in [0, 0.05) is 22.3 Å². The van der Waals surface area contributed by atoms with Gasteiger partial charge in [-0.15, -0.1) is 0 Å². The number of hydrogen-bond acceptors (Lipinski definition) is 5. The summed E-state index contributed by atoms with van der Waals surface area (Å²) in [6.07, 6.45) is 1.60. The van der Waals surface area contributed by atoms with E-state index in [1.165, 1.54) is 7.11 Å². The van der Waals surface area contributed by atoms with Gasteiger partial charge in [0.25, 0.3) is 0 Å². The number of nitrogens with one attached hydrogen (secondary N) is 1. The minimum absolute atomic E-state index is 0.357. The summed E-state index contributed by atoms with van der Waals surface area (Å²) >= 11 is 5.90. The molecule has 1 atom stereocenters. The van der Waals surface area contributed by atoms with E-state index < -0.39 is 12.0 Å². The lowest BCUT2D eigenvalue weighted by Crippen LogP contribution is -2.34. The molecule has 5 nitrogen and oxygen atoms in total. The fraction of sp³-hybridized carbons (Fsp3) is 0.231. The van der Waals surface area contributed by atoms with E-state index in [1.807, 2.05) is 0 Å². The van der Waals surface area contributed by atoms with Crippen molar-refractivity contribution < 1.29 is 14.6 Å². The second kappa shape index (κ2) is 5.86. The van der Waals surface area contributed by atoms with Crippen molar-refractivity contribution in [3.05, 3.63) is 35.5 Å². The third kappa shape index (κ3) is 2.94. The summed E-state index contributed by atoms with van der Waals surface area (Å²) in [5.74, 6) is -0.526. The van der Waals surface area contributed by atoms with Gasteiger partial charge in [0.2, 0.25) is 0 Å². The second-order valence-corrected chi connectivity index (χ2v) is 4.36. The Bertz CT molecular complexity index is 603. The van der Waals surface area contributed by atoms with Gasteiger partial charge in [-0.05, 0) is 24.3 Å². The topological polar surface area (TPSA) is 71.5 Å². The molecule has 0 radical (unpaired) electrons. The molecule has 0 bridgehead atoms. The minimum atomic E-state index is -0.814. The van der Waals surface area contributed by atoms with Crippen LogP contribution in [0.2, 0.25) is 5.02 Å². The third-order valence-electron chi connectivity index (χ3n) is 2.70. The van der Waals surface area contributed by atoms with Crippen LogP contribution in [0.3, 0.4) is 0 Å². The zero-order valence-corrected chi connectivity index (χ0v) is 11.0. The number of anilines is 1. The van der Waals surface area contributed by atoms with Crippen molar-refractivity contribution >= 4 is 34.2 Å². The first-order valence-corrected chi connectivity index (χ1v) is 6.03. The number of ether oxygens (including phenoxy) is 1. The summed E-state index contributed by atoms with van der Waals surface area (Å²) in [6.45, 7) is -0.357. The highest BCUT2D eigenvalue weighted by atomic mass is 35.5. The Balaban J connectivity index is 2.37. The molecular formula is C13H13ClN2O3. The Morgan fingerprint density at radius 3 is 3.00 bits per heavy atom. The van der Waals surface area contributed by atoms with E-state index in [2.05, 4.69) is 15.0 Å². The number of methoxy groups -OCH3 is 1. The first-order chi connectivity index (χ1) is 9.15. The van der Waals surface area contributed by atoms with Crippen LogP contribution in [0.25, 0.3) is 10.9 Å². The predicted molar refractivity (Wildman–Crippen MR) is 73.3 cm³/mol. The zero-order valence-electron chi connectivity index (χ0n) is 10.3. The van der Waals surface area contributed by atoms with E-state index >= 15 is 0 Å². The number of fused-ring (bicyclic) bond motifs is 1. The van der Waals surface area contributed by atoms with Gasteiger partial charge in [-0.1, -0.05) is 11.6 Å². The number of aliphatic hydroxyl groups is 1. The normalized spacial score (nSPS) is 12.2. The highest BCUT2D eigenvalue weighted by Gasteiger charge is 2.18. The highest BCUT2D eigenvalue weighted by molar-refractivity contribution is 6.31. The fourth-order valence-electron chi connectivity index (χ4n) is 1.76. The number of carbonyl (C=O) groups is 1. The lowest BCUT2D eigenvalue weighted by atomic mass is 10.1. The van der Waals surface area contributed by atoms with Gasteiger partial charge >= 0.3 is 5.97 Å². The molecule has 2 N–H and O–H groups in total. The molecule has 1 heterocycles. The Kier molecular flexibility index (Phi) is 4.19. The predicted octanol–water partition coefficient (Wildman–Crippen LogP) is 1.83. The van der Waals surface area contributed by atoms with Gasteiger partial charge in [0.05, 0.1) is 19.2 Å². The van der Waals surface area contributed by atoms with Crippen molar-refractivity contribution in [3.63, 3.8) is 0 Å². The largest absolute Gasteiger partial charge is 0.467 e. The Hall–Kier alpha value is -1.85. The molecule has 6 heteroatoms. The summed E-state index contributed by atoms with van der Waals surface area (Å²) in [5.41, 5.74) is 1.39. The maximum atomic E-state index is 11.5. The van der Waals surface area contributed by atoms with Crippen molar-refractivity contribution in [2.24, 2.45) is 0 Å². The molecule has 1 aromatic carbocycles. The molecule has 0 aliphatic carbocycles. The van der Waals surface area contributed by atoms with Crippen LogP contribution in [-0.2, 0) is 9.53 Å². The number of aliphatic hydroxyl groups excluding tert-OH is 1. The molecule has 0 aliphatic heterocycles. The van der Waals surface area contributed by atoms with Crippen LogP contribution in [0.1, 0.15) is 0 Å². The molecule has 1 aromatic heterocycles. The average Bonchev–Trinajstić information content (AvgIpc) is 2.43. The van der Waals surface area contributed by atoms with Crippen LogP contribution in [0.5, 0.6) is 0 Å². The summed E-state index contributed by atoms with van der Waals surface area (Å²) < 4.78 is 4.61. The lowest BCUT2D eigenvalue weighted by molar-refractivity contribution is -0.142. The standard InChI is InChI=1S/C13H13ClN2O3/c1-19-13(18)12(7-17)16-10-4-5-15-11-6-8(14)2-3-9(10)11/h2-6,12,17H,7H2,1H3,(H,15,16). The van der Waals surface area contributed by atoms with Gasteiger partial charge in [-0.2, -0.15) is 0 Å². The molecule has 0 saturated carbocycles. The maximum absolute atomic E-state index is 11.5. The Labute approximate surface area is 115 Å². The van der Waals surface area contributed by atoms with E-state index in [4.69, 9.17) is 11.6 Å². The number of carbonyl (C=O) groups excluding carboxylic acids is 1. The van der Waals surface area contributed by atoms with Crippen molar-refractivity contribution in [1.29, 1.82) is 0 Å². The highest BCUT2D eigenvalue weighted by Crippen LogP contribution is 2.24.